The van der Waals surface area contributed by atoms with Crippen molar-refractivity contribution < 1.29 is 9.90 Å². The number of aryl methyl sites for hydroxylation is 1. The lowest BCUT2D eigenvalue weighted by Crippen LogP contribution is -2.25. The Labute approximate surface area is 110 Å². The maximum atomic E-state index is 10.9. The zero-order valence-electron chi connectivity index (χ0n) is 10.7. The number of aromatic carboxylic acids is 1. The summed E-state index contributed by atoms with van der Waals surface area (Å²) in [5, 5.41) is 15.6. The molecule has 0 fully saturated rings. The molecule has 2 N–H and O–H groups in total. The summed E-state index contributed by atoms with van der Waals surface area (Å²) in [4.78, 5) is 13.1. The molecule has 0 saturated carbocycles. The molecule has 0 saturated heterocycles. The lowest BCUT2D eigenvalue weighted by molar-refractivity contribution is 0.0690. The van der Waals surface area contributed by atoms with Gasteiger partial charge in [-0.05, 0) is 24.5 Å². The van der Waals surface area contributed by atoms with Crippen LogP contribution in [0.5, 0.6) is 0 Å². The van der Waals surface area contributed by atoms with Crippen LogP contribution < -0.4 is 4.90 Å². The van der Waals surface area contributed by atoms with E-state index in [1.807, 2.05) is 12.1 Å². The monoisotopic (exact) mass is 257 g/mol. The van der Waals surface area contributed by atoms with E-state index >= 15 is 0 Å². The minimum atomic E-state index is -0.989. The van der Waals surface area contributed by atoms with Crippen molar-refractivity contribution in [1.29, 1.82) is 0 Å². The number of fused-ring (bicyclic) bond motifs is 1. The predicted molar refractivity (Wildman–Crippen MR) is 72.6 cm³/mol. The number of nitrogens with zero attached hydrogens (tertiary/aromatic N) is 2. The maximum Gasteiger partial charge on any atom is 0.353 e. The normalized spacial score (nSPS) is 14.3. The number of para-hydroxylation sites is 1. The Morgan fingerprint density at radius 3 is 3.05 bits per heavy atom. The third-order valence-electron chi connectivity index (χ3n) is 3.53. The SMILES string of the molecule is CN1CCCc2cccc(-c3cc(C(=O)O)[nH]n3)c21. The molecule has 98 valence electrons. The Morgan fingerprint density at radius 1 is 1.47 bits per heavy atom. The molecule has 1 aromatic heterocycles. The van der Waals surface area contributed by atoms with Crippen LogP contribution in [0, 0.1) is 0 Å². The zero-order chi connectivity index (χ0) is 13.4. The summed E-state index contributed by atoms with van der Waals surface area (Å²) in [7, 11) is 2.06. The van der Waals surface area contributed by atoms with Crippen molar-refractivity contribution in [3.8, 4) is 11.3 Å². The van der Waals surface area contributed by atoms with Gasteiger partial charge in [0.1, 0.15) is 5.69 Å². The standard InChI is InChI=1S/C14H15N3O2/c1-17-7-3-5-9-4-2-6-10(13(9)17)11-8-12(14(18)19)16-15-11/h2,4,6,8H,3,5,7H2,1H3,(H,15,16)(H,18,19). The van der Waals surface area contributed by atoms with Crippen LogP contribution in [0.4, 0.5) is 5.69 Å². The molecule has 1 aromatic carbocycles. The highest BCUT2D eigenvalue weighted by Crippen LogP contribution is 2.35. The first-order chi connectivity index (χ1) is 9.16. The van der Waals surface area contributed by atoms with Gasteiger partial charge >= 0.3 is 5.97 Å². The number of anilines is 1. The lowest BCUT2D eigenvalue weighted by Gasteiger charge is -2.29. The smallest absolute Gasteiger partial charge is 0.353 e. The Balaban J connectivity index is 2.12. The van der Waals surface area contributed by atoms with E-state index in [0.717, 1.165) is 30.6 Å². The van der Waals surface area contributed by atoms with Gasteiger partial charge in [-0.2, -0.15) is 5.10 Å². The lowest BCUT2D eigenvalue weighted by atomic mass is 9.96. The molecule has 3 rings (SSSR count). The highest BCUT2D eigenvalue weighted by atomic mass is 16.4. The quantitative estimate of drug-likeness (QED) is 0.865. The molecule has 2 aromatic rings. The minimum Gasteiger partial charge on any atom is -0.477 e. The van der Waals surface area contributed by atoms with E-state index in [1.54, 1.807) is 6.07 Å². The molecule has 5 heteroatoms. The fourth-order valence-corrected chi connectivity index (χ4v) is 2.64. The van der Waals surface area contributed by atoms with Crippen LogP contribution >= 0.6 is 0 Å². The van der Waals surface area contributed by atoms with Gasteiger partial charge in [0.15, 0.2) is 0 Å². The zero-order valence-corrected chi connectivity index (χ0v) is 10.7. The number of aromatic amines is 1. The average molecular weight is 257 g/mol. The molecule has 0 aliphatic carbocycles. The molecule has 1 aliphatic rings. The first kappa shape index (κ1) is 11.8. The molecular formula is C14H15N3O2. The summed E-state index contributed by atoms with van der Waals surface area (Å²) in [6.07, 6.45) is 2.21. The fraction of sp³-hybridized carbons (Fsp3) is 0.286. The van der Waals surface area contributed by atoms with Crippen molar-refractivity contribution in [2.75, 3.05) is 18.5 Å². The number of nitrogens with one attached hydrogen (secondary N) is 1. The molecule has 2 heterocycles. The number of hydrogen-bond acceptors (Lipinski definition) is 3. The predicted octanol–water partition coefficient (Wildman–Crippen LogP) is 2.16. The first-order valence-electron chi connectivity index (χ1n) is 6.29. The van der Waals surface area contributed by atoms with E-state index in [9.17, 15) is 4.79 Å². The van der Waals surface area contributed by atoms with Gasteiger partial charge < -0.3 is 10.0 Å². The third kappa shape index (κ3) is 1.97. The number of carboxylic acids is 1. The summed E-state index contributed by atoms with van der Waals surface area (Å²) in [6, 6.07) is 7.70. The second-order valence-corrected chi connectivity index (χ2v) is 4.81. The second kappa shape index (κ2) is 4.42. The molecule has 0 atom stereocenters. The van der Waals surface area contributed by atoms with Crippen LogP contribution in [0.25, 0.3) is 11.3 Å². The van der Waals surface area contributed by atoms with Crippen molar-refractivity contribution in [3.63, 3.8) is 0 Å². The average Bonchev–Trinajstić information content (AvgIpc) is 2.88. The summed E-state index contributed by atoms with van der Waals surface area (Å²) in [6.45, 7) is 1.01. The van der Waals surface area contributed by atoms with Crippen LogP contribution in [-0.2, 0) is 6.42 Å². The number of carbonyl (C=O) groups is 1. The van der Waals surface area contributed by atoms with E-state index in [4.69, 9.17) is 5.11 Å². The van der Waals surface area contributed by atoms with Crippen molar-refractivity contribution in [2.45, 2.75) is 12.8 Å². The van der Waals surface area contributed by atoms with E-state index in [2.05, 4.69) is 28.2 Å². The number of H-pyrrole nitrogens is 1. The van der Waals surface area contributed by atoms with Gasteiger partial charge in [0, 0.05) is 24.8 Å². The number of carboxylic acid groups (broad SMARTS) is 1. The van der Waals surface area contributed by atoms with Crippen LogP contribution in [-0.4, -0.2) is 34.9 Å². The fourth-order valence-electron chi connectivity index (χ4n) is 2.64. The molecule has 5 nitrogen and oxygen atoms in total. The van der Waals surface area contributed by atoms with E-state index < -0.39 is 5.97 Å². The Morgan fingerprint density at radius 2 is 2.32 bits per heavy atom. The summed E-state index contributed by atoms with van der Waals surface area (Å²) in [5.74, 6) is -0.989. The van der Waals surface area contributed by atoms with Gasteiger partial charge in [-0.15, -0.1) is 0 Å². The van der Waals surface area contributed by atoms with Gasteiger partial charge in [-0.1, -0.05) is 18.2 Å². The Bertz CT molecular complexity index is 633. The van der Waals surface area contributed by atoms with Gasteiger partial charge in [-0.25, -0.2) is 4.79 Å². The van der Waals surface area contributed by atoms with Gasteiger partial charge in [0.25, 0.3) is 0 Å². The van der Waals surface area contributed by atoms with Crippen molar-refractivity contribution >= 4 is 11.7 Å². The molecule has 1 aliphatic heterocycles. The first-order valence-corrected chi connectivity index (χ1v) is 6.29. The van der Waals surface area contributed by atoms with E-state index in [1.165, 1.54) is 5.56 Å². The largest absolute Gasteiger partial charge is 0.477 e. The van der Waals surface area contributed by atoms with Crippen LogP contribution in [0.15, 0.2) is 24.3 Å². The molecule has 0 bridgehead atoms. The second-order valence-electron chi connectivity index (χ2n) is 4.81. The van der Waals surface area contributed by atoms with Crippen LogP contribution in [0.1, 0.15) is 22.5 Å². The molecule has 0 amide bonds. The van der Waals surface area contributed by atoms with E-state index in [-0.39, 0.29) is 5.69 Å². The summed E-state index contributed by atoms with van der Waals surface area (Å²) < 4.78 is 0. The molecular weight excluding hydrogens is 242 g/mol. The van der Waals surface area contributed by atoms with Crippen molar-refractivity contribution in [3.05, 3.63) is 35.5 Å². The number of rotatable bonds is 2. The van der Waals surface area contributed by atoms with Crippen LogP contribution in [0.3, 0.4) is 0 Å². The van der Waals surface area contributed by atoms with Gasteiger partial charge in [0.05, 0.1) is 5.69 Å². The number of aromatic nitrogens is 2. The number of benzene rings is 1. The number of hydrogen-bond donors (Lipinski definition) is 2. The Hall–Kier alpha value is -2.30. The molecule has 0 radical (unpaired) electrons. The minimum absolute atomic E-state index is 0.117. The summed E-state index contributed by atoms with van der Waals surface area (Å²) in [5.41, 5.74) is 4.25. The topological polar surface area (TPSA) is 69.2 Å². The van der Waals surface area contributed by atoms with Crippen LogP contribution in [0.2, 0.25) is 0 Å². The summed E-state index contributed by atoms with van der Waals surface area (Å²) >= 11 is 0. The van der Waals surface area contributed by atoms with Crippen molar-refractivity contribution in [2.24, 2.45) is 0 Å². The van der Waals surface area contributed by atoms with Gasteiger partial charge in [0.2, 0.25) is 0 Å². The molecule has 0 spiro atoms. The van der Waals surface area contributed by atoms with Gasteiger partial charge in [-0.3, -0.25) is 5.10 Å². The third-order valence-corrected chi connectivity index (χ3v) is 3.53. The maximum absolute atomic E-state index is 10.9. The molecule has 19 heavy (non-hydrogen) atoms. The highest BCUT2D eigenvalue weighted by molar-refractivity contribution is 5.88. The Kier molecular flexibility index (Phi) is 2.74. The van der Waals surface area contributed by atoms with E-state index in [0.29, 0.717) is 5.69 Å². The molecule has 0 unspecified atom stereocenters. The highest BCUT2D eigenvalue weighted by Gasteiger charge is 2.20. The van der Waals surface area contributed by atoms with Crippen molar-refractivity contribution in [1.82, 2.24) is 10.2 Å².